The molecule has 2 atom stereocenters. The number of aromatic nitrogens is 1. The topological polar surface area (TPSA) is 37.7 Å². The standard InChI is InChI=1S/C17H26BrN3O/c1-5-21(4)11-19-15-10-14(18)17(20-13(15)3)22-16-9-7-6-8-12(16)2/h10-12,16H,5-9H2,1-4H3/b19-11+. The highest BCUT2D eigenvalue weighted by atomic mass is 79.9. The predicted octanol–water partition coefficient (Wildman–Crippen LogP) is 4.72. The van der Waals surface area contributed by atoms with E-state index in [1.165, 1.54) is 19.3 Å². The molecule has 1 aromatic heterocycles. The van der Waals surface area contributed by atoms with E-state index in [4.69, 9.17) is 4.74 Å². The van der Waals surface area contributed by atoms with Crippen LogP contribution in [-0.2, 0) is 0 Å². The second-order valence-electron chi connectivity index (χ2n) is 6.12. The van der Waals surface area contributed by atoms with Crippen LogP contribution in [0.2, 0.25) is 0 Å². The lowest BCUT2D eigenvalue weighted by atomic mass is 9.88. The summed E-state index contributed by atoms with van der Waals surface area (Å²) in [7, 11) is 2.00. The van der Waals surface area contributed by atoms with Crippen molar-refractivity contribution in [3.63, 3.8) is 0 Å². The fourth-order valence-corrected chi connectivity index (χ4v) is 3.00. The summed E-state index contributed by atoms with van der Waals surface area (Å²) in [5.74, 6) is 1.29. The third kappa shape index (κ3) is 4.45. The maximum Gasteiger partial charge on any atom is 0.228 e. The SMILES string of the molecule is CCN(C)/C=N/c1cc(Br)c(OC2CCCCC2C)nc1C. The molecule has 0 bridgehead atoms. The molecule has 0 saturated heterocycles. The Balaban J connectivity index is 2.13. The van der Waals surface area contributed by atoms with Crippen LogP contribution in [0.5, 0.6) is 5.88 Å². The predicted molar refractivity (Wildman–Crippen MR) is 95.2 cm³/mol. The monoisotopic (exact) mass is 367 g/mol. The molecule has 0 radical (unpaired) electrons. The molecule has 122 valence electrons. The Bertz CT molecular complexity index is 533. The molecule has 4 nitrogen and oxygen atoms in total. The van der Waals surface area contributed by atoms with E-state index in [9.17, 15) is 0 Å². The van der Waals surface area contributed by atoms with Crippen molar-refractivity contribution in [3.05, 3.63) is 16.2 Å². The summed E-state index contributed by atoms with van der Waals surface area (Å²) >= 11 is 3.58. The molecule has 0 aliphatic heterocycles. The Morgan fingerprint density at radius 3 is 2.86 bits per heavy atom. The molecule has 1 fully saturated rings. The van der Waals surface area contributed by atoms with Crippen LogP contribution < -0.4 is 4.74 Å². The Labute approximate surface area is 142 Å². The first-order chi connectivity index (χ1) is 10.5. The lowest BCUT2D eigenvalue weighted by Crippen LogP contribution is -2.28. The lowest BCUT2D eigenvalue weighted by molar-refractivity contribution is 0.0966. The first-order valence-corrected chi connectivity index (χ1v) is 8.88. The van der Waals surface area contributed by atoms with E-state index in [1.807, 2.05) is 31.3 Å². The van der Waals surface area contributed by atoms with Crippen LogP contribution in [0, 0.1) is 12.8 Å². The summed E-state index contributed by atoms with van der Waals surface area (Å²) in [4.78, 5) is 11.1. The minimum Gasteiger partial charge on any atom is -0.473 e. The number of aliphatic imine (C=N–C) groups is 1. The van der Waals surface area contributed by atoms with E-state index in [2.05, 4.69) is 39.8 Å². The van der Waals surface area contributed by atoms with Gasteiger partial charge in [-0.15, -0.1) is 0 Å². The van der Waals surface area contributed by atoms with Crippen LogP contribution in [0.1, 0.15) is 45.2 Å². The summed E-state index contributed by atoms with van der Waals surface area (Å²) in [6, 6.07) is 1.99. The Hall–Kier alpha value is -1.10. The molecule has 2 rings (SSSR count). The van der Waals surface area contributed by atoms with Gasteiger partial charge in [-0.3, -0.25) is 0 Å². The van der Waals surface area contributed by atoms with Crippen LogP contribution in [0.3, 0.4) is 0 Å². The number of rotatable bonds is 5. The minimum absolute atomic E-state index is 0.275. The molecule has 1 heterocycles. The van der Waals surface area contributed by atoms with Crippen LogP contribution in [-0.4, -0.2) is 35.9 Å². The Morgan fingerprint density at radius 2 is 2.18 bits per heavy atom. The maximum atomic E-state index is 6.16. The first kappa shape index (κ1) is 17.3. The zero-order chi connectivity index (χ0) is 16.1. The number of hydrogen-bond donors (Lipinski definition) is 0. The van der Waals surface area contributed by atoms with Gasteiger partial charge in [-0.1, -0.05) is 13.3 Å². The molecule has 1 aliphatic carbocycles. The lowest BCUT2D eigenvalue weighted by Gasteiger charge is -2.29. The summed E-state index contributed by atoms with van der Waals surface area (Å²) in [6.45, 7) is 7.26. The maximum absolute atomic E-state index is 6.16. The van der Waals surface area contributed by atoms with Gasteiger partial charge in [0.1, 0.15) is 6.10 Å². The molecule has 1 aromatic rings. The van der Waals surface area contributed by atoms with Crippen molar-refractivity contribution < 1.29 is 4.74 Å². The third-order valence-corrected chi connectivity index (χ3v) is 4.86. The molecule has 0 aromatic carbocycles. The molecule has 1 saturated carbocycles. The van der Waals surface area contributed by atoms with Gasteiger partial charge >= 0.3 is 0 Å². The fourth-order valence-electron chi connectivity index (χ4n) is 2.61. The second kappa shape index (κ2) is 7.95. The second-order valence-corrected chi connectivity index (χ2v) is 6.97. The van der Waals surface area contributed by atoms with Crippen molar-refractivity contribution in [1.29, 1.82) is 0 Å². The summed E-state index contributed by atoms with van der Waals surface area (Å²) in [6.07, 6.45) is 7.03. The van der Waals surface area contributed by atoms with E-state index in [-0.39, 0.29) is 6.10 Å². The number of nitrogens with zero attached hydrogens (tertiary/aromatic N) is 3. The van der Waals surface area contributed by atoms with Crippen molar-refractivity contribution in [3.8, 4) is 5.88 Å². The molecule has 2 unspecified atom stereocenters. The number of pyridine rings is 1. The Morgan fingerprint density at radius 1 is 1.45 bits per heavy atom. The van der Waals surface area contributed by atoms with Crippen molar-refractivity contribution in [2.75, 3.05) is 13.6 Å². The molecule has 1 aliphatic rings. The number of ether oxygens (including phenoxy) is 1. The van der Waals surface area contributed by atoms with Crippen molar-refractivity contribution in [2.24, 2.45) is 10.9 Å². The fraction of sp³-hybridized carbons (Fsp3) is 0.647. The molecule has 0 amide bonds. The van der Waals surface area contributed by atoms with E-state index < -0.39 is 0 Å². The number of halogens is 1. The largest absolute Gasteiger partial charge is 0.473 e. The van der Waals surface area contributed by atoms with Gasteiger partial charge in [-0.2, -0.15) is 0 Å². The van der Waals surface area contributed by atoms with Gasteiger partial charge in [0.05, 0.1) is 22.2 Å². The van der Waals surface area contributed by atoms with Crippen molar-refractivity contribution >= 4 is 28.0 Å². The van der Waals surface area contributed by atoms with Gasteiger partial charge in [0, 0.05) is 13.6 Å². The summed E-state index contributed by atoms with van der Waals surface area (Å²) in [5, 5.41) is 0. The molecule has 5 heteroatoms. The highest BCUT2D eigenvalue weighted by molar-refractivity contribution is 9.10. The van der Waals surface area contributed by atoms with E-state index in [1.54, 1.807) is 0 Å². The molecular formula is C17H26BrN3O. The van der Waals surface area contributed by atoms with Crippen LogP contribution in [0.4, 0.5) is 5.69 Å². The number of hydrogen-bond acceptors (Lipinski definition) is 3. The minimum atomic E-state index is 0.275. The van der Waals surface area contributed by atoms with E-state index in [0.29, 0.717) is 11.8 Å². The third-order valence-electron chi connectivity index (χ3n) is 4.30. The van der Waals surface area contributed by atoms with E-state index >= 15 is 0 Å². The van der Waals surface area contributed by atoms with Gasteiger partial charge in [-0.05, 0) is 61.0 Å². The van der Waals surface area contributed by atoms with Crippen molar-refractivity contribution in [1.82, 2.24) is 9.88 Å². The van der Waals surface area contributed by atoms with Crippen LogP contribution >= 0.6 is 15.9 Å². The van der Waals surface area contributed by atoms with Crippen molar-refractivity contribution in [2.45, 2.75) is 52.6 Å². The zero-order valence-electron chi connectivity index (χ0n) is 14.0. The normalized spacial score (nSPS) is 22.0. The van der Waals surface area contributed by atoms with Gasteiger partial charge in [-0.25, -0.2) is 9.98 Å². The highest BCUT2D eigenvalue weighted by Gasteiger charge is 2.24. The van der Waals surface area contributed by atoms with Crippen LogP contribution in [0.25, 0.3) is 0 Å². The molecule has 0 spiro atoms. The Kier molecular flexibility index (Phi) is 6.24. The number of aryl methyl sites for hydroxylation is 1. The first-order valence-electron chi connectivity index (χ1n) is 8.09. The molecular weight excluding hydrogens is 342 g/mol. The summed E-state index contributed by atoms with van der Waals surface area (Å²) in [5.41, 5.74) is 1.76. The van der Waals surface area contributed by atoms with Gasteiger partial charge in [0.25, 0.3) is 0 Å². The summed E-state index contributed by atoms with van der Waals surface area (Å²) < 4.78 is 7.04. The van der Waals surface area contributed by atoms with Crippen LogP contribution in [0.15, 0.2) is 15.5 Å². The smallest absolute Gasteiger partial charge is 0.228 e. The average molecular weight is 368 g/mol. The average Bonchev–Trinajstić information content (AvgIpc) is 2.51. The van der Waals surface area contributed by atoms with Gasteiger partial charge in [0.15, 0.2) is 0 Å². The quantitative estimate of drug-likeness (QED) is 0.557. The van der Waals surface area contributed by atoms with Gasteiger partial charge in [0.2, 0.25) is 5.88 Å². The highest BCUT2D eigenvalue weighted by Crippen LogP contribution is 2.33. The molecule has 22 heavy (non-hydrogen) atoms. The van der Waals surface area contributed by atoms with E-state index in [0.717, 1.165) is 28.8 Å². The zero-order valence-corrected chi connectivity index (χ0v) is 15.6. The van der Waals surface area contributed by atoms with Gasteiger partial charge < -0.3 is 9.64 Å². The molecule has 0 N–H and O–H groups in total.